The molecule has 1 aromatic carbocycles. The van der Waals surface area contributed by atoms with Crippen molar-refractivity contribution in [2.45, 2.75) is 89.7 Å². The normalized spacial score (nSPS) is 9.96. The number of hydrogen-bond donors (Lipinski definition) is 1. The topological polar surface area (TPSA) is 37.3 Å². The highest BCUT2D eigenvalue weighted by atomic mass is 16.3. The van der Waals surface area contributed by atoms with Gasteiger partial charge in [0, 0.05) is 5.57 Å². The van der Waals surface area contributed by atoms with Gasteiger partial charge in [0.15, 0.2) is 5.78 Å². The Labute approximate surface area is 176 Å². The van der Waals surface area contributed by atoms with Gasteiger partial charge in [-0.3, -0.25) is 4.79 Å². The van der Waals surface area contributed by atoms with E-state index in [1.807, 2.05) is 107 Å². The molecule has 0 amide bonds. The van der Waals surface area contributed by atoms with Crippen molar-refractivity contribution in [3.8, 4) is 0 Å². The maximum absolute atomic E-state index is 11.4. The molecular weight excluding hydrogens is 344 g/mol. The molecule has 0 fully saturated rings. The maximum Gasteiger partial charge on any atom is 0.159 e. The van der Waals surface area contributed by atoms with Crippen LogP contribution in [0, 0.1) is 0 Å². The van der Waals surface area contributed by atoms with Crippen LogP contribution < -0.4 is 10.4 Å². The fourth-order valence-corrected chi connectivity index (χ4v) is 1.80. The first-order valence-corrected chi connectivity index (χ1v) is 10.7. The molecule has 1 aromatic rings. The van der Waals surface area contributed by atoms with E-state index in [1.54, 1.807) is 19.1 Å². The number of carbonyl (C=O) groups is 1. The number of aliphatic hydroxyl groups excluding tert-OH is 1. The third kappa shape index (κ3) is 18.8. The van der Waals surface area contributed by atoms with Gasteiger partial charge in [-0.2, -0.15) is 0 Å². The number of rotatable bonds is 3. The van der Waals surface area contributed by atoms with Crippen molar-refractivity contribution in [2.24, 2.45) is 0 Å². The van der Waals surface area contributed by atoms with E-state index in [9.17, 15) is 9.90 Å². The van der Waals surface area contributed by atoms with Crippen molar-refractivity contribution in [1.29, 1.82) is 0 Å². The molecule has 0 heterocycles. The van der Waals surface area contributed by atoms with Gasteiger partial charge in [0.25, 0.3) is 0 Å². The van der Waals surface area contributed by atoms with Gasteiger partial charge < -0.3 is 5.11 Å². The largest absolute Gasteiger partial charge is 0.392 e. The summed E-state index contributed by atoms with van der Waals surface area (Å²) in [5.41, 5.74) is 1.56. The second-order valence-electron chi connectivity index (χ2n) is 4.22. The van der Waals surface area contributed by atoms with Crippen LogP contribution in [0.25, 0.3) is 12.2 Å². The number of ketones is 1. The minimum Gasteiger partial charge on any atom is -0.392 e. The van der Waals surface area contributed by atoms with Crippen molar-refractivity contribution in [3.05, 3.63) is 58.5 Å². The molecule has 0 aliphatic carbocycles. The quantitative estimate of drug-likeness (QED) is 0.465. The van der Waals surface area contributed by atoms with Crippen molar-refractivity contribution in [3.63, 3.8) is 0 Å². The van der Waals surface area contributed by atoms with Crippen LogP contribution in [-0.2, 0) is 11.4 Å². The Balaban J connectivity index is -0.000000136. The summed E-state index contributed by atoms with van der Waals surface area (Å²) in [6.45, 7) is 26.6. The highest BCUT2D eigenvalue weighted by molar-refractivity contribution is 6.01. The van der Waals surface area contributed by atoms with E-state index in [4.69, 9.17) is 0 Å². The minimum absolute atomic E-state index is 0.00655. The number of Topliss-reactive ketones (excluding diaryl/α,β-unsaturated/α-hetero) is 1. The summed E-state index contributed by atoms with van der Waals surface area (Å²) in [6, 6.07) is 5.72. The SMILES string of the molecule is C/C=c1/c(CO)ccc/c1=C/C(=C\C)C(C)=O.C=CC.CC.CC.CC.CC. The van der Waals surface area contributed by atoms with Crippen molar-refractivity contribution in [1.82, 2.24) is 0 Å². The first-order valence-electron chi connectivity index (χ1n) is 10.7. The molecule has 1 N–H and O–H groups in total. The molecule has 0 saturated heterocycles. The third-order valence-electron chi connectivity index (χ3n) is 2.72. The average Bonchev–Trinajstić information content (AvgIpc) is 2.77. The Morgan fingerprint density at radius 2 is 1.39 bits per heavy atom. The molecule has 0 unspecified atom stereocenters. The molecule has 0 bridgehead atoms. The lowest BCUT2D eigenvalue weighted by atomic mass is 10.1. The second-order valence-corrected chi connectivity index (χ2v) is 4.22. The van der Waals surface area contributed by atoms with Crippen LogP contribution in [0.15, 0.2) is 42.5 Å². The lowest BCUT2D eigenvalue weighted by molar-refractivity contribution is -0.113. The molecule has 0 saturated carbocycles. The van der Waals surface area contributed by atoms with Crippen LogP contribution in [-0.4, -0.2) is 10.9 Å². The molecule has 28 heavy (non-hydrogen) atoms. The molecule has 0 atom stereocenters. The van der Waals surface area contributed by atoms with Crippen LogP contribution in [0.5, 0.6) is 0 Å². The maximum atomic E-state index is 11.4. The monoisotopic (exact) mass is 392 g/mol. The fraction of sp³-hybridized carbons (Fsp3) is 0.500. The third-order valence-corrected chi connectivity index (χ3v) is 2.72. The number of hydrogen-bond acceptors (Lipinski definition) is 2. The predicted molar refractivity (Wildman–Crippen MR) is 132 cm³/mol. The second kappa shape index (κ2) is 32.7. The zero-order valence-corrected chi connectivity index (χ0v) is 20.8. The zero-order valence-electron chi connectivity index (χ0n) is 20.8. The molecule has 0 aliphatic heterocycles. The lowest BCUT2D eigenvalue weighted by Gasteiger charge is -2.00. The van der Waals surface area contributed by atoms with Crippen LogP contribution >= 0.6 is 0 Å². The summed E-state index contributed by atoms with van der Waals surface area (Å²) in [7, 11) is 0. The summed E-state index contributed by atoms with van der Waals surface area (Å²) in [4.78, 5) is 11.4. The highest BCUT2D eigenvalue weighted by Crippen LogP contribution is 1.97. The van der Waals surface area contributed by atoms with Crippen molar-refractivity contribution >= 4 is 17.9 Å². The Hall–Kier alpha value is -1.93. The van der Waals surface area contributed by atoms with E-state index < -0.39 is 0 Å². The predicted octanol–water partition coefficient (Wildman–Crippen LogP) is 6.59. The summed E-state index contributed by atoms with van der Waals surface area (Å²) in [5.74, 6) is 0.0453. The van der Waals surface area contributed by atoms with Crippen LogP contribution in [0.2, 0.25) is 0 Å². The van der Waals surface area contributed by atoms with Crippen molar-refractivity contribution in [2.75, 3.05) is 0 Å². The molecule has 0 spiro atoms. The van der Waals surface area contributed by atoms with E-state index in [1.165, 1.54) is 0 Å². The van der Waals surface area contributed by atoms with Gasteiger partial charge in [0.2, 0.25) is 0 Å². The van der Waals surface area contributed by atoms with E-state index in [-0.39, 0.29) is 12.4 Å². The van der Waals surface area contributed by atoms with Gasteiger partial charge in [-0.25, -0.2) is 0 Å². The number of aliphatic hydroxyl groups is 1. The van der Waals surface area contributed by atoms with Gasteiger partial charge in [0.1, 0.15) is 0 Å². The molecule has 0 aromatic heterocycles. The Morgan fingerprint density at radius 3 is 1.68 bits per heavy atom. The summed E-state index contributed by atoms with van der Waals surface area (Å²) in [6.07, 6.45) is 7.36. The standard InChI is InChI=1S/C15H18O2.C3H6.4C2H6/c1-4-12(11(3)17)9-13-7-6-8-14(10-16)15(13)5-2;1-3-2;4*1-2/h4-9,16H,10H2,1-3H3;3H,1H2,2H3;4*1-2H3/b12-4+,13-9-,15-5+;;;;;. The van der Waals surface area contributed by atoms with Gasteiger partial charge >= 0.3 is 0 Å². The first-order chi connectivity index (χ1) is 13.5. The number of benzene rings is 1. The van der Waals surface area contributed by atoms with Crippen LogP contribution in [0.4, 0.5) is 0 Å². The van der Waals surface area contributed by atoms with Crippen LogP contribution in [0.3, 0.4) is 0 Å². The Kier molecular flexibility index (Phi) is 43.1. The fourth-order valence-electron chi connectivity index (χ4n) is 1.80. The number of carbonyl (C=O) groups excluding carboxylic acids is 1. The molecule has 2 heteroatoms. The lowest BCUT2D eigenvalue weighted by Crippen LogP contribution is -2.28. The number of allylic oxidation sites excluding steroid dienone is 3. The zero-order chi connectivity index (χ0) is 23.5. The van der Waals surface area contributed by atoms with E-state index in [0.29, 0.717) is 5.57 Å². The van der Waals surface area contributed by atoms with E-state index >= 15 is 0 Å². The van der Waals surface area contributed by atoms with Gasteiger partial charge in [-0.15, -0.1) is 6.58 Å². The molecule has 0 aliphatic rings. The smallest absolute Gasteiger partial charge is 0.159 e. The van der Waals surface area contributed by atoms with Gasteiger partial charge in [-0.1, -0.05) is 91.8 Å². The Bertz CT molecular complexity index is 593. The average molecular weight is 393 g/mol. The molecule has 164 valence electrons. The molecule has 2 nitrogen and oxygen atoms in total. The van der Waals surface area contributed by atoms with E-state index in [2.05, 4.69) is 6.58 Å². The van der Waals surface area contributed by atoms with Crippen LogP contribution in [0.1, 0.15) is 88.6 Å². The molecular formula is C26H48O2. The van der Waals surface area contributed by atoms with Crippen molar-refractivity contribution < 1.29 is 9.90 Å². The summed E-state index contributed by atoms with van der Waals surface area (Å²) < 4.78 is 0. The van der Waals surface area contributed by atoms with E-state index in [0.717, 1.165) is 16.0 Å². The highest BCUT2D eigenvalue weighted by Gasteiger charge is 1.99. The van der Waals surface area contributed by atoms with Gasteiger partial charge in [-0.05, 0) is 49.8 Å². The summed E-state index contributed by atoms with van der Waals surface area (Å²) in [5, 5.41) is 11.2. The molecule has 1 rings (SSSR count). The molecule has 0 radical (unpaired) electrons. The Morgan fingerprint density at radius 1 is 0.964 bits per heavy atom. The van der Waals surface area contributed by atoms with Gasteiger partial charge in [0.05, 0.1) is 6.61 Å². The summed E-state index contributed by atoms with van der Waals surface area (Å²) >= 11 is 0. The minimum atomic E-state index is 0.00655. The first kappa shape index (κ1) is 36.9.